The molecular formula is C21H20N2O7. The van der Waals surface area contributed by atoms with Gasteiger partial charge in [-0.2, -0.15) is 0 Å². The molecular weight excluding hydrogens is 392 g/mol. The van der Waals surface area contributed by atoms with Crippen LogP contribution in [-0.4, -0.2) is 37.6 Å². The van der Waals surface area contributed by atoms with Gasteiger partial charge in [0.05, 0.1) is 25.7 Å². The van der Waals surface area contributed by atoms with Gasteiger partial charge in [0.2, 0.25) is 5.90 Å². The number of aliphatic imine (C=N–C) groups is 1. The fourth-order valence-electron chi connectivity index (χ4n) is 2.76. The SMILES string of the molecule is CCCOc1ccc(/C=C2\N=C(c3ccc(OC)c([N+](=O)[O-])c3)OC2=O)cc1OC. The minimum Gasteiger partial charge on any atom is -0.493 e. The van der Waals surface area contributed by atoms with Crippen LogP contribution in [0, 0.1) is 10.1 Å². The van der Waals surface area contributed by atoms with E-state index in [1.54, 1.807) is 24.3 Å². The maximum atomic E-state index is 12.2. The van der Waals surface area contributed by atoms with Gasteiger partial charge in [-0.3, -0.25) is 10.1 Å². The summed E-state index contributed by atoms with van der Waals surface area (Å²) in [7, 11) is 2.87. The summed E-state index contributed by atoms with van der Waals surface area (Å²) in [6.45, 7) is 2.56. The van der Waals surface area contributed by atoms with Crippen molar-refractivity contribution in [3.05, 3.63) is 63.3 Å². The summed E-state index contributed by atoms with van der Waals surface area (Å²) in [6.07, 6.45) is 2.40. The van der Waals surface area contributed by atoms with Crippen molar-refractivity contribution in [2.24, 2.45) is 4.99 Å². The number of methoxy groups -OCH3 is 2. The summed E-state index contributed by atoms with van der Waals surface area (Å²) in [4.78, 5) is 27.1. The molecule has 0 saturated carbocycles. The monoisotopic (exact) mass is 412 g/mol. The number of carbonyl (C=O) groups is 1. The number of benzene rings is 2. The van der Waals surface area contributed by atoms with Crippen LogP contribution >= 0.6 is 0 Å². The molecule has 3 rings (SSSR count). The molecule has 0 radical (unpaired) electrons. The lowest BCUT2D eigenvalue weighted by atomic mass is 10.1. The van der Waals surface area contributed by atoms with Gasteiger partial charge in [0.1, 0.15) is 0 Å². The Hall–Kier alpha value is -3.88. The highest BCUT2D eigenvalue weighted by molar-refractivity contribution is 6.13. The fourth-order valence-corrected chi connectivity index (χ4v) is 2.76. The topological polar surface area (TPSA) is 109 Å². The highest BCUT2D eigenvalue weighted by Crippen LogP contribution is 2.31. The number of ether oxygens (including phenoxy) is 4. The van der Waals surface area contributed by atoms with Crippen LogP contribution in [0.5, 0.6) is 17.2 Å². The van der Waals surface area contributed by atoms with Gasteiger partial charge in [0.15, 0.2) is 22.9 Å². The predicted molar refractivity (Wildman–Crippen MR) is 109 cm³/mol. The number of rotatable bonds is 8. The van der Waals surface area contributed by atoms with Crippen LogP contribution in [0.2, 0.25) is 0 Å². The van der Waals surface area contributed by atoms with E-state index in [2.05, 4.69) is 4.99 Å². The van der Waals surface area contributed by atoms with E-state index in [-0.39, 0.29) is 23.0 Å². The van der Waals surface area contributed by atoms with Crippen molar-refractivity contribution in [3.63, 3.8) is 0 Å². The second-order valence-corrected chi connectivity index (χ2v) is 6.24. The van der Waals surface area contributed by atoms with E-state index in [1.165, 1.54) is 32.4 Å². The van der Waals surface area contributed by atoms with Crippen molar-refractivity contribution < 1.29 is 28.7 Å². The lowest BCUT2D eigenvalue weighted by Crippen LogP contribution is -2.06. The Kier molecular flexibility index (Phi) is 6.31. The number of cyclic esters (lactones) is 1. The molecule has 1 aliphatic heterocycles. The second-order valence-electron chi connectivity index (χ2n) is 6.24. The smallest absolute Gasteiger partial charge is 0.363 e. The third kappa shape index (κ3) is 4.40. The largest absolute Gasteiger partial charge is 0.493 e. The second kappa shape index (κ2) is 9.08. The zero-order valence-electron chi connectivity index (χ0n) is 16.7. The summed E-state index contributed by atoms with van der Waals surface area (Å²) in [5, 5.41) is 11.2. The molecule has 0 bridgehead atoms. The molecule has 0 fully saturated rings. The molecule has 2 aromatic rings. The molecule has 9 nitrogen and oxygen atoms in total. The van der Waals surface area contributed by atoms with Gasteiger partial charge in [-0.1, -0.05) is 13.0 Å². The Morgan fingerprint density at radius 2 is 1.83 bits per heavy atom. The highest BCUT2D eigenvalue weighted by Gasteiger charge is 2.26. The van der Waals surface area contributed by atoms with Crippen molar-refractivity contribution in [3.8, 4) is 17.2 Å². The number of hydrogen-bond donors (Lipinski definition) is 0. The van der Waals surface area contributed by atoms with Gasteiger partial charge in [-0.15, -0.1) is 0 Å². The molecule has 1 heterocycles. The lowest BCUT2D eigenvalue weighted by molar-refractivity contribution is -0.385. The van der Waals surface area contributed by atoms with Crippen molar-refractivity contribution in [2.75, 3.05) is 20.8 Å². The van der Waals surface area contributed by atoms with E-state index < -0.39 is 10.9 Å². The van der Waals surface area contributed by atoms with E-state index in [0.29, 0.717) is 29.2 Å². The zero-order valence-corrected chi connectivity index (χ0v) is 16.7. The molecule has 1 aliphatic rings. The average molecular weight is 412 g/mol. The summed E-state index contributed by atoms with van der Waals surface area (Å²) in [5.41, 5.74) is 0.764. The molecule has 0 N–H and O–H groups in total. The molecule has 0 aliphatic carbocycles. The third-order valence-corrected chi connectivity index (χ3v) is 4.20. The van der Waals surface area contributed by atoms with Crippen LogP contribution in [-0.2, 0) is 9.53 Å². The normalized spacial score (nSPS) is 14.3. The lowest BCUT2D eigenvalue weighted by Gasteiger charge is -2.10. The van der Waals surface area contributed by atoms with E-state index in [9.17, 15) is 14.9 Å². The standard InChI is InChI=1S/C21H20N2O7/c1-4-9-29-18-7-5-13(11-19(18)28-3)10-15-21(24)30-20(22-15)14-6-8-17(27-2)16(12-14)23(25)26/h5-8,10-12H,4,9H2,1-3H3/b15-10-. The fraction of sp³-hybridized carbons (Fsp3) is 0.238. The van der Waals surface area contributed by atoms with Gasteiger partial charge in [-0.25, -0.2) is 9.79 Å². The van der Waals surface area contributed by atoms with Crippen LogP contribution in [0.3, 0.4) is 0 Å². The minimum absolute atomic E-state index is 0.0214. The average Bonchev–Trinajstić information content (AvgIpc) is 3.12. The first-order chi connectivity index (χ1) is 14.5. The number of hydrogen-bond acceptors (Lipinski definition) is 8. The molecule has 0 saturated heterocycles. The molecule has 0 spiro atoms. The van der Waals surface area contributed by atoms with Gasteiger partial charge in [-0.05, 0) is 42.3 Å². The van der Waals surface area contributed by atoms with Gasteiger partial charge in [0.25, 0.3) is 0 Å². The molecule has 0 atom stereocenters. The third-order valence-electron chi connectivity index (χ3n) is 4.20. The predicted octanol–water partition coefficient (Wildman–Crippen LogP) is 3.75. The van der Waals surface area contributed by atoms with Crippen molar-refractivity contribution in [1.29, 1.82) is 0 Å². The van der Waals surface area contributed by atoms with Crippen molar-refractivity contribution >= 4 is 23.6 Å². The quantitative estimate of drug-likeness (QED) is 0.281. The summed E-state index contributed by atoms with van der Waals surface area (Å²) in [5.74, 6) is 0.548. The van der Waals surface area contributed by atoms with E-state index >= 15 is 0 Å². The number of nitro benzene ring substituents is 1. The van der Waals surface area contributed by atoms with Gasteiger partial charge in [0, 0.05) is 11.6 Å². The minimum atomic E-state index is -0.659. The Morgan fingerprint density at radius 3 is 2.50 bits per heavy atom. The summed E-state index contributed by atoms with van der Waals surface area (Å²) in [6, 6.07) is 9.43. The van der Waals surface area contributed by atoms with Crippen LogP contribution in [0.25, 0.3) is 6.08 Å². The van der Waals surface area contributed by atoms with Crippen LogP contribution < -0.4 is 14.2 Å². The first-order valence-electron chi connectivity index (χ1n) is 9.13. The van der Waals surface area contributed by atoms with E-state index in [4.69, 9.17) is 18.9 Å². The van der Waals surface area contributed by atoms with Crippen molar-refractivity contribution in [1.82, 2.24) is 0 Å². The first kappa shape index (κ1) is 20.8. The number of carbonyl (C=O) groups excluding carboxylic acids is 1. The molecule has 0 unspecified atom stereocenters. The van der Waals surface area contributed by atoms with Gasteiger partial charge >= 0.3 is 11.7 Å². The van der Waals surface area contributed by atoms with Crippen LogP contribution in [0.15, 0.2) is 47.1 Å². The molecule has 9 heteroatoms. The highest BCUT2D eigenvalue weighted by atomic mass is 16.6. The van der Waals surface area contributed by atoms with E-state index in [0.717, 1.165) is 6.42 Å². The van der Waals surface area contributed by atoms with E-state index in [1.807, 2.05) is 6.92 Å². The van der Waals surface area contributed by atoms with Crippen LogP contribution in [0.4, 0.5) is 5.69 Å². The maximum absolute atomic E-state index is 12.2. The number of nitrogens with zero attached hydrogens (tertiary/aromatic N) is 2. The molecule has 156 valence electrons. The Bertz CT molecular complexity index is 1040. The summed E-state index contributed by atoms with van der Waals surface area (Å²) < 4.78 is 21.1. The summed E-state index contributed by atoms with van der Waals surface area (Å²) >= 11 is 0. The Morgan fingerprint density at radius 1 is 1.10 bits per heavy atom. The molecule has 30 heavy (non-hydrogen) atoms. The Balaban J connectivity index is 1.91. The van der Waals surface area contributed by atoms with Crippen molar-refractivity contribution in [2.45, 2.75) is 13.3 Å². The van der Waals surface area contributed by atoms with Gasteiger partial charge < -0.3 is 18.9 Å². The number of esters is 1. The van der Waals surface area contributed by atoms with Crippen LogP contribution in [0.1, 0.15) is 24.5 Å². The first-order valence-corrected chi connectivity index (χ1v) is 9.13. The molecule has 0 aromatic heterocycles. The Labute approximate surface area is 172 Å². The zero-order chi connectivity index (χ0) is 21.7. The maximum Gasteiger partial charge on any atom is 0.363 e. The number of nitro groups is 1. The molecule has 2 aromatic carbocycles. The molecule has 0 amide bonds.